The second-order valence-corrected chi connectivity index (χ2v) is 7.76. The molecule has 1 fully saturated rings. The number of benzene rings is 1. The lowest BCUT2D eigenvalue weighted by molar-refractivity contribution is 0.434. The molecule has 150 valence electrons. The molecule has 0 saturated carbocycles. The molecule has 4 rings (SSSR count). The summed E-state index contributed by atoms with van der Waals surface area (Å²) in [7, 11) is 0. The summed E-state index contributed by atoms with van der Waals surface area (Å²) in [6.45, 7) is 8.18. The number of aromatic amines is 1. The van der Waals surface area contributed by atoms with Gasteiger partial charge in [0.2, 0.25) is 11.9 Å². The lowest BCUT2D eigenvalue weighted by atomic mass is 10.00. The number of hydrogen-bond donors (Lipinski definition) is 2. The molecule has 0 amide bonds. The third-order valence-corrected chi connectivity index (χ3v) is 5.45. The zero-order valence-corrected chi connectivity index (χ0v) is 17.1. The van der Waals surface area contributed by atoms with E-state index >= 15 is 0 Å². The van der Waals surface area contributed by atoms with Crippen LogP contribution in [0.1, 0.15) is 31.0 Å². The molecule has 0 radical (unpaired) electrons. The average Bonchev–Trinajstić information content (AvgIpc) is 2.70. The first-order chi connectivity index (χ1) is 14.0. The predicted molar refractivity (Wildman–Crippen MR) is 116 cm³/mol. The Morgan fingerprint density at radius 1 is 1.14 bits per heavy atom. The standard InChI is InChI=1S/C22H26N6O/c1-14-8-10-28(11-9-14)22-23-13-17(16(3)24-22)19-12-20(29)27-21(26-19)25-18-7-5-4-6-15(18)2/h4-7,12-14H,8-11H2,1-3H3,(H2,25,26,27,29). The van der Waals surface area contributed by atoms with Crippen molar-refractivity contribution < 1.29 is 0 Å². The number of H-pyrrole nitrogens is 1. The molecule has 3 heterocycles. The van der Waals surface area contributed by atoms with Crippen molar-refractivity contribution in [2.24, 2.45) is 5.92 Å². The number of piperidine rings is 1. The van der Waals surface area contributed by atoms with Gasteiger partial charge in [0.05, 0.1) is 11.4 Å². The van der Waals surface area contributed by atoms with Crippen LogP contribution in [0.5, 0.6) is 0 Å². The number of aryl methyl sites for hydroxylation is 2. The van der Waals surface area contributed by atoms with E-state index in [-0.39, 0.29) is 5.56 Å². The van der Waals surface area contributed by atoms with Crippen molar-refractivity contribution in [3.63, 3.8) is 0 Å². The summed E-state index contributed by atoms with van der Waals surface area (Å²) >= 11 is 0. The lowest BCUT2D eigenvalue weighted by Gasteiger charge is -2.30. The molecular weight excluding hydrogens is 364 g/mol. The van der Waals surface area contributed by atoms with E-state index < -0.39 is 0 Å². The molecule has 1 saturated heterocycles. The van der Waals surface area contributed by atoms with E-state index in [0.717, 1.165) is 60.3 Å². The van der Waals surface area contributed by atoms with Gasteiger partial charge in [-0.1, -0.05) is 25.1 Å². The summed E-state index contributed by atoms with van der Waals surface area (Å²) in [5.41, 5.74) is 3.88. The first-order valence-corrected chi connectivity index (χ1v) is 10.0. The maximum Gasteiger partial charge on any atom is 0.252 e. The molecule has 3 aromatic rings. The van der Waals surface area contributed by atoms with Crippen molar-refractivity contribution in [3.8, 4) is 11.3 Å². The minimum Gasteiger partial charge on any atom is -0.341 e. The first-order valence-electron chi connectivity index (χ1n) is 10.0. The van der Waals surface area contributed by atoms with E-state index in [1.54, 1.807) is 6.20 Å². The highest BCUT2D eigenvalue weighted by Gasteiger charge is 2.19. The number of nitrogens with one attached hydrogen (secondary N) is 2. The summed E-state index contributed by atoms with van der Waals surface area (Å²) in [5.74, 6) is 1.91. The maximum atomic E-state index is 12.2. The Morgan fingerprint density at radius 3 is 2.62 bits per heavy atom. The van der Waals surface area contributed by atoms with Gasteiger partial charge in [0.1, 0.15) is 0 Å². The van der Waals surface area contributed by atoms with Gasteiger partial charge in [-0.3, -0.25) is 9.78 Å². The SMILES string of the molecule is Cc1ccccc1Nc1nc(-c2cnc(N3CCC(C)CC3)nc2C)cc(=O)[nH]1. The summed E-state index contributed by atoms with van der Waals surface area (Å²) < 4.78 is 0. The second kappa shape index (κ2) is 8.03. The molecule has 29 heavy (non-hydrogen) atoms. The number of aromatic nitrogens is 4. The molecular formula is C22H26N6O. The largest absolute Gasteiger partial charge is 0.341 e. The van der Waals surface area contributed by atoms with Crippen LogP contribution >= 0.6 is 0 Å². The van der Waals surface area contributed by atoms with Crippen molar-refractivity contribution in [2.75, 3.05) is 23.3 Å². The topological polar surface area (TPSA) is 86.8 Å². The Labute approximate surface area is 170 Å². The first kappa shape index (κ1) is 19.1. The predicted octanol–water partition coefficient (Wildman–Crippen LogP) is 3.82. The minimum atomic E-state index is -0.223. The Kier molecular flexibility index (Phi) is 5.29. The van der Waals surface area contributed by atoms with Crippen molar-refractivity contribution in [1.29, 1.82) is 0 Å². The quantitative estimate of drug-likeness (QED) is 0.704. The Morgan fingerprint density at radius 2 is 1.90 bits per heavy atom. The van der Waals surface area contributed by atoms with Crippen LogP contribution in [0.2, 0.25) is 0 Å². The number of para-hydroxylation sites is 1. The zero-order chi connectivity index (χ0) is 20.4. The molecule has 2 N–H and O–H groups in total. The molecule has 0 atom stereocenters. The molecule has 7 heteroatoms. The third-order valence-electron chi connectivity index (χ3n) is 5.45. The summed E-state index contributed by atoms with van der Waals surface area (Å²) in [6, 6.07) is 9.34. The highest BCUT2D eigenvalue weighted by atomic mass is 16.1. The highest BCUT2D eigenvalue weighted by molar-refractivity contribution is 5.64. The van der Waals surface area contributed by atoms with Gasteiger partial charge in [-0.2, -0.15) is 0 Å². The van der Waals surface area contributed by atoms with Crippen LogP contribution in [-0.2, 0) is 0 Å². The van der Waals surface area contributed by atoms with Crippen LogP contribution in [0, 0.1) is 19.8 Å². The Hall–Kier alpha value is -3.22. The zero-order valence-electron chi connectivity index (χ0n) is 17.1. The molecule has 0 bridgehead atoms. The van der Waals surface area contributed by atoms with Gasteiger partial charge in [0.15, 0.2) is 0 Å². The smallest absolute Gasteiger partial charge is 0.252 e. The molecule has 0 spiro atoms. The van der Waals surface area contributed by atoms with Gasteiger partial charge in [0, 0.05) is 36.6 Å². The molecule has 7 nitrogen and oxygen atoms in total. The van der Waals surface area contributed by atoms with Gasteiger partial charge < -0.3 is 10.2 Å². The second-order valence-electron chi connectivity index (χ2n) is 7.76. The van der Waals surface area contributed by atoms with Crippen LogP contribution in [0.4, 0.5) is 17.6 Å². The van der Waals surface area contributed by atoms with Crippen molar-refractivity contribution in [2.45, 2.75) is 33.6 Å². The number of anilines is 3. The van der Waals surface area contributed by atoms with Crippen LogP contribution in [0.3, 0.4) is 0 Å². The molecule has 1 aliphatic rings. The summed E-state index contributed by atoms with van der Waals surface area (Å²) in [6.07, 6.45) is 4.09. The molecule has 0 unspecified atom stereocenters. The van der Waals surface area contributed by atoms with Crippen LogP contribution < -0.4 is 15.8 Å². The number of nitrogens with zero attached hydrogens (tertiary/aromatic N) is 4. The average molecular weight is 390 g/mol. The Balaban J connectivity index is 1.62. The van der Waals surface area contributed by atoms with Gasteiger partial charge in [0.25, 0.3) is 5.56 Å². The summed E-state index contributed by atoms with van der Waals surface area (Å²) in [5, 5.41) is 3.19. The summed E-state index contributed by atoms with van der Waals surface area (Å²) in [4.78, 5) is 31.1. The van der Waals surface area contributed by atoms with Crippen LogP contribution in [0.25, 0.3) is 11.3 Å². The molecule has 2 aromatic heterocycles. The van der Waals surface area contributed by atoms with Gasteiger partial charge in [-0.05, 0) is 44.2 Å². The van der Waals surface area contributed by atoms with E-state index in [1.807, 2.05) is 38.1 Å². The van der Waals surface area contributed by atoms with Crippen molar-refractivity contribution in [3.05, 3.63) is 58.1 Å². The Bertz CT molecular complexity index is 1070. The molecule has 0 aliphatic carbocycles. The fourth-order valence-electron chi connectivity index (χ4n) is 3.56. The minimum absolute atomic E-state index is 0.223. The monoisotopic (exact) mass is 390 g/mol. The molecule has 1 aliphatic heterocycles. The van der Waals surface area contributed by atoms with E-state index in [2.05, 4.69) is 32.1 Å². The van der Waals surface area contributed by atoms with Gasteiger partial charge >= 0.3 is 0 Å². The fraction of sp³-hybridized carbons (Fsp3) is 0.364. The van der Waals surface area contributed by atoms with E-state index in [1.165, 1.54) is 6.07 Å². The van der Waals surface area contributed by atoms with Gasteiger partial charge in [-0.15, -0.1) is 0 Å². The van der Waals surface area contributed by atoms with E-state index in [9.17, 15) is 4.79 Å². The van der Waals surface area contributed by atoms with Crippen LogP contribution in [-0.4, -0.2) is 33.0 Å². The third kappa shape index (κ3) is 4.29. The van der Waals surface area contributed by atoms with Gasteiger partial charge in [-0.25, -0.2) is 15.0 Å². The van der Waals surface area contributed by atoms with Crippen molar-refractivity contribution >= 4 is 17.6 Å². The van der Waals surface area contributed by atoms with E-state index in [4.69, 9.17) is 4.98 Å². The number of hydrogen-bond acceptors (Lipinski definition) is 6. The maximum absolute atomic E-state index is 12.2. The number of rotatable bonds is 4. The normalized spacial score (nSPS) is 14.8. The molecule has 1 aromatic carbocycles. The van der Waals surface area contributed by atoms with Crippen LogP contribution in [0.15, 0.2) is 41.3 Å². The fourth-order valence-corrected chi connectivity index (χ4v) is 3.56. The van der Waals surface area contributed by atoms with Crippen molar-refractivity contribution in [1.82, 2.24) is 19.9 Å². The highest BCUT2D eigenvalue weighted by Crippen LogP contribution is 2.25. The lowest BCUT2D eigenvalue weighted by Crippen LogP contribution is -2.34. The van der Waals surface area contributed by atoms with E-state index in [0.29, 0.717) is 11.6 Å².